The molecule has 1 aromatic rings. The van der Waals surface area contributed by atoms with Crippen molar-refractivity contribution in [2.45, 2.75) is 25.2 Å². The quantitative estimate of drug-likeness (QED) is 0.455. The number of nitro groups is 1. The van der Waals surface area contributed by atoms with Gasteiger partial charge in [-0.15, -0.1) is 0 Å². The lowest BCUT2D eigenvalue weighted by Crippen LogP contribution is -2.07. The highest BCUT2D eigenvalue weighted by molar-refractivity contribution is 8.13. The molecule has 0 N–H and O–H groups in total. The van der Waals surface area contributed by atoms with Gasteiger partial charge in [0.05, 0.1) is 17.6 Å². The van der Waals surface area contributed by atoms with E-state index in [2.05, 4.69) is 0 Å². The van der Waals surface area contributed by atoms with E-state index in [0.717, 1.165) is 0 Å². The summed E-state index contributed by atoms with van der Waals surface area (Å²) in [5.41, 5.74) is -0.710. The van der Waals surface area contributed by atoms with Crippen molar-refractivity contribution >= 4 is 25.4 Å². The summed E-state index contributed by atoms with van der Waals surface area (Å²) in [6.07, 6.45) is 0.568. The third-order valence-corrected chi connectivity index (χ3v) is 3.74. The smallest absolute Gasteiger partial charge is 0.273 e. The van der Waals surface area contributed by atoms with Crippen LogP contribution < -0.4 is 4.74 Å². The second kappa shape index (κ2) is 6.36. The first-order valence-corrected chi connectivity index (χ1v) is 7.99. The Hall–Kier alpha value is -1.41. The van der Waals surface area contributed by atoms with Gasteiger partial charge in [-0.05, 0) is 12.3 Å². The zero-order valence-corrected chi connectivity index (χ0v) is 12.4. The number of nitrogens with zero attached hydrogens (tertiary/aromatic N) is 1. The second-order valence-corrected chi connectivity index (χ2v) is 7.02. The summed E-state index contributed by atoms with van der Waals surface area (Å²) in [6.45, 7) is 3.90. The van der Waals surface area contributed by atoms with Crippen molar-refractivity contribution in [1.29, 1.82) is 0 Å². The molecule has 0 aromatic heterocycles. The van der Waals surface area contributed by atoms with Gasteiger partial charge in [0.25, 0.3) is 14.7 Å². The molecule has 0 spiro atoms. The van der Waals surface area contributed by atoms with Gasteiger partial charge in [0.2, 0.25) is 0 Å². The Balaban J connectivity index is 3.24. The summed E-state index contributed by atoms with van der Waals surface area (Å²) in [7, 11) is 0.797. The van der Waals surface area contributed by atoms with Gasteiger partial charge in [0.15, 0.2) is 11.6 Å². The lowest BCUT2D eigenvalue weighted by atomic mass is 10.1. The molecule has 0 aliphatic heterocycles. The molecule has 0 fully saturated rings. The predicted molar refractivity (Wildman–Crippen MR) is 71.0 cm³/mol. The fraction of sp³-hybridized carbons (Fsp3) is 0.455. The van der Waals surface area contributed by atoms with Crippen molar-refractivity contribution in [3.8, 4) is 5.75 Å². The number of nitro benzene ring substituents is 1. The van der Waals surface area contributed by atoms with E-state index < -0.39 is 36.1 Å². The topological polar surface area (TPSA) is 86.5 Å². The minimum atomic E-state index is -4.36. The van der Waals surface area contributed by atoms with Crippen LogP contribution in [0.3, 0.4) is 0 Å². The number of halogens is 2. The largest absolute Gasteiger partial charge is 0.489 e. The van der Waals surface area contributed by atoms with Crippen LogP contribution in [0.4, 0.5) is 10.1 Å². The minimum Gasteiger partial charge on any atom is -0.489 e. The van der Waals surface area contributed by atoms with Gasteiger partial charge >= 0.3 is 0 Å². The number of hydrogen-bond donors (Lipinski definition) is 0. The molecule has 0 saturated heterocycles. The van der Waals surface area contributed by atoms with Gasteiger partial charge in [-0.25, -0.2) is 12.8 Å². The van der Waals surface area contributed by atoms with E-state index in [0.29, 0.717) is 18.6 Å². The Bertz CT molecular complexity index is 617. The summed E-state index contributed by atoms with van der Waals surface area (Å²) < 4.78 is 41.6. The van der Waals surface area contributed by atoms with Crippen LogP contribution in [0.2, 0.25) is 0 Å². The summed E-state index contributed by atoms with van der Waals surface area (Å²) >= 11 is 0. The third kappa shape index (κ3) is 4.31. The number of hydrogen-bond acceptors (Lipinski definition) is 5. The molecule has 0 atom stereocenters. The lowest BCUT2D eigenvalue weighted by molar-refractivity contribution is -0.385. The summed E-state index contributed by atoms with van der Waals surface area (Å²) in [6, 6.07) is 1.27. The monoisotopic (exact) mass is 325 g/mol. The SMILES string of the molecule is CC(C)CCOc1c(F)cc([N+](=O)[O-])cc1S(=O)(=O)Cl. The molecule has 1 rings (SSSR count). The van der Waals surface area contributed by atoms with Crippen LogP contribution in [0, 0.1) is 21.8 Å². The minimum absolute atomic E-state index is 0.0752. The van der Waals surface area contributed by atoms with E-state index in [1.54, 1.807) is 0 Å². The highest BCUT2D eigenvalue weighted by Crippen LogP contribution is 2.34. The number of benzene rings is 1. The average Bonchev–Trinajstić information content (AvgIpc) is 2.28. The molecule has 20 heavy (non-hydrogen) atoms. The molecule has 0 saturated carbocycles. The van der Waals surface area contributed by atoms with E-state index in [-0.39, 0.29) is 12.5 Å². The Morgan fingerprint density at radius 2 is 2.05 bits per heavy atom. The van der Waals surface area contributed by atoms with E-state index in [9.17, 15) is 22.9 Å². The number of non-ortho nitro benzene ring substituents is 1. The normalized spacial score (nSPS) is 11.7. The summed E-state index contributed by atoms with van der Waals surface area (Å²) in [4.78, 5) is 8.96. The Morgan fingerprint density at radius 3 is 2.50 bits per heavy atom. The van der Waals surface area contributed by atoms with Crippen LogP contribution in [0.15, 0.2) is 17.0 Å². The van der Waals surface area contributed by atoms with Crippen molar-refractivity contribution < 1.29 is 22.5 Å². The highest BCUT2D eigenvalue weighted by atomic mass is 35.7. The van der Waals surface area contributed by atoms with Gasteiger partial charge in [0.1, 0.15) is 4.90 Å². The van der Waals surface area contributed by atoms with Crippen LogP contribution in [0.1, 0.15) is 20.3 Å². The van der Waals surface area contributed by atoms with Gasteiger partial charge in [-0.1, -0.05) is 13.8 Å². The van der Waals surface area contributed by atoms with Crippen LogP contribution in [-0.4, -0.2) is 19.9 Å². The molecule has 0 amide bonds. The molecule has 0 aliphatic carbocycles. The zero-order valence-electron chi connectivity index (χ0n) is 10.8. The van der Waals surface area contributed by atoms with Gasteiger partial charge in [-0.3, -0.25) is 10.1 Å². The van der Waals surface area contributed by atoms with E-state index in [4.69, 9.17) is 15.4 Å². The Labute approximate surface area is 120 Å². The van der Waals surface area contributed by atoms with Gasteiger partial charge in [0, 0.05) is 16.7 Å². The molecule has 0 radical (unpaired) electrons. The fourth-order valence-electron chi connectivity index (χ4n) is 1.38. The Kier molecular flexibility index (Phi) is 5.29. The third-order valence-electron chi connectivity index (χ3n) is 2.41. The summed E-state index contributed by atoms with van der Waals surface area (Å²) in [5, 5.41) is 10.6. The van der Waals surface area contributed by atoms with Gasteiger partial charge in [-0.2, -0.15) is 0 Å². The van der Waals surface area contributed by atoms with Gasteiger partial charge < -0.3 is 4.74 Å². The number of rotatable bonds is 6. The van der Waals surface area contributed by atoms with Crippen LogP contribution in [0.5, 0.6) is 5.75 Å². The first-order valence-electron chi connectivity index (χ1n) is 5.68. The van der Waals surface area contributed by atoms with Crippen molar-refractivity contribution in [2.75, 3.05) is 6.61 Å². The first kappa shape index (κ1) is 16.6. The lowest BCUT2D eigenvalue weighted by Gasteiger charge is -2.11. The molecule has 0 heterocycles. The number of ether oxygens (including phenoxy) is 1. The molecule has 112 valence electrons. The molecule has 6 nitrogen and oxygen atoms in total. The fourth-order valence-corrected chi connectivity index (χ4v) is 2.36. The maximum Gasteiger partial charge on any atom is 0.273 e. The van der Waals surface area contributed by atoms with E-state index >= 15 is 0 Å². The summed E-state index contributed by atoms with van der Waals surface area (Å²) in [5.74, 6) is -1.46. The molecule has 0 bridgehead atoms. The standard InChI is InChI=1S/C11H13ClFNO5S/c1-7(2)3-4-19-11-9(13)5-8(14(15)16)6-10(11)20(12,17)18/h5-7H,3-4H2,1-2H3. The van der Waals surface area contributed by atoms with Crippen molar-refractivity contribution in [3.05, 3.63) is 28.1 Å². The van der Waals surface area contributed by atoms with Crippen LogP contribution in [-0.2, 0) is 9.05 Å². The maximum absolute atomic E-state index is 13.8. The van der Waals surface area contributed by atoms with E-state index in [1.807, 2.05) is 13.8 Å². The van der Waals surface area contributed by atoms with Crippen molar-refractivity contribution in [2.24, 2.45) is 5.92 Å². The highest BCUT2D eigenvalue weighted by Gasteiger charge is 2.25. The molecule has 0 aliphatic rings. The second-order valence-electron chi connectivity index (χ2n) is 4.48. The molecule has 0 unspecified atom stereocenters. The molecular formula is C11H13ClFNO5S. The predicted octanol–water partition coefficient (Wildman–Crippen LogP) is 3.09. The maximum atomic E-state index is 13.8. The van der Waals surface area contributed by atoms with Crippen LogP contribution in [0.25, 0.3) is 0 Å². The van der Waals surface area contributed by atoms with Crippen molar-refractivity contribution in [3.63, 3.8) is 0 Å². The Morgan fingerprint density at radius 1 is 1.45 bits per heavy atom. The zero-order chi connectivity index (χ0) is 15.5. The first-order chi connectivity index (χ1) is 9.12. The molecule has 9 heteroatoms. The van der Waals surface area contributed by atoms with Crippen molar-refractivity contribution in [1.82, 2.24) is 0 Å². The molecular weight excluding hydrogens is 313 g/mol. The van der Waals surface area contributed by atoms with Crippen LogP contribution >= 0.6 is 10.7 Å². The molecule has 1 aromatic carbocycles. The average molecular weight is 326 g/mol. The van der Waals surface area contributed by atoms with E-state index in [1.165, 1.54) is 0 Å².